The van der Waals surface area contributed by atoms with Gasteiger partial charge in [0.1, 0.15) is 17.2 Å². The Morgan fingerprint density at radius 1 is 1.11 bits per heavy atom. The number of pyridine rings is 1. The van der Waals surface area contributed by atoms with E-state index < -0.39 is 11.4 Å². The van der Waals surface area contributed by atoms with Gasteiger partial charge in [-0.05, 0) is 65.5 Å². The first-order valence-electron chi connectivity index (χ1n) is 11.8. The van der Waals surface area contributed by atoms with Gasteiger partial charge in [0, 0.05) is 17.8 Å². The number of benzene rings is 2. The van der Waals surface area contributed by atoms with Crippen LogP contribution in [0.4, 0.5) is 4.39 Å². The second-order valence-corrected chi connectivity index (χ2v) is 8.77. The largest absolute Gasteiger partial charge is 0.481 e. The van der Waals surface area contributed by atoms with Crippen molar-refractivity contribution in [1.82, 2.24) is 4.98 Å². The molecule has 1 aromatic heterocycles. The van der Waals surface area contributed by atoms with Crippen LogP contribution in [-0.4, -0.2) is 17.9 Å². The highest BCUT2D eigenvalue weighted by Gasteiger charge is 2.44. The number of hydrogen-bond donors (Lipinski definition) is 1. The number of aliphatic imine (C=N–C) groups is 1. The zero-order valence-corrected chi connectivity index (χ0v) is 20.1. The highest BCUT2D eigenvalue weighted by Crippen LogP contribution is 2.47. The van der Waals surface area contributed by atoms with Crippen LogP contribution in [0.3, 0.4) is 0 Å². The molecule has 0 bridgehead atoms. The Bertz CT molecular complexity index is 1530. The first kappa shape index (κ1) is 23.3. The number of nitrogens with zero attached hydrogens (tertiary/aromatic N) is 3. The summed E-state index contributed by atoms with van der Waals surface area (Å²) in [6.07, 6.45) is 9.30. The predicted octanol–water partition coefficient (Wildman–Crippen LogP) is 5.81. The number of fused-ring (bicyclic) bond motifs is 1. The fourth-order valence-electron chi connectivity index (χ4n) is 4.96. The van der Waals surface area contributed by atoms with Crippen molar-refractivity contribution in [3.05, 3.63) is 124 Å². The molecule has 0 amide bonds. The third-order valence-corrected chi connectivity index (χ3v) is 6.76. The zero-order valence-electron chi connectivity index (χ0n) is 20.1. The lowest BCUT2D eigenvalue weighted by atomic mass is 9.77. The minimum atomic E-state index is -1.09. The Kier molecular flexibility index (Phi) is 5.99. The third-order valence-electron chi connectivity index (χ3n) is 6.76. The number of allylic oxidation sites excluding steroid dienone is 6. The van der Waals surface area contributed by atoms with Crippen LogP contribution in [0.15, 0.2) is 95.2 Å². The molecule has 0 saturated heterocycles. The first-order chi connectivity index (χ1) is 17.5. The number of amidine groups is 1. The molecular formula is C30H25FN4O. The van der Waals surface area contributed by atoms with E-state index in [1.165, 1.54) is 11.6 Å². The van der Waals surface area contributed by atoms with Crippen LogP contribution in [0, 0.1) is 17.1 Å². The van der Waals surface area contributed by atoms with Crippen LogP contribution in [-0.2, 0) is 5.54 Å². The molecule has 5 rings (SSSR count). The van der Waals surface area contributed by atoms with Gasteiger partial charge >= 0.3 is 0 Å². The van der Waals surface area contributed by atoms with Crippen LogP contribution in [0.25, 0.3) is 5.57 Å². The lowest BCUT2D eigenvalue weighted by Gasteiger charge is -2.29. The molecule has 1 aliphatic heterocycles. The van der Waals surface area contributed by atoms with Gasteiger partial charge in [0.15, 0.2) is 0 Å². The van der Waals surface area contributed by atoms with Crippen molar-refractivity contribution in [3.63, 3.8) is 0 Å². The van der Waals surface area contributed by atoms with E-state index in [2.05, 4.69) is 24.1 Å². The molecule has 2 aromatic carbocycles. The van der Waals surface area contributed by atoms with Gasteiger partial charge in [-0.15, -0.1) is 0 Å². The second kappa shape index (κ2) is 9.27. The van der Waals surface area contributed by atoms with Gasteiger partial charge < -0.3 is 10.5 Å². The van der Waals surface area contributed by atoms with E-state index >= 15 is 0 Å². The van der Waals surface area contributed by atoms with E-state index in [0.29, 0.717) is 22.6 Å². The van der Waals surface area contributed by atoms with Crippen molar-refractivity contribution < 1.29 is 9.13 Å². The molecule has 2 heterocycles. The first-order valence-corrected chi connectivity index (χ1v) is 11.8. The SMILES string of the molecule is CCC1=CC(C#N)=CC(c2cccc(C3(c4ccnc(OC)c4)N=C(N)c4c(F)cccc43)c2)=CC1. The Balaban J connectivity index is 1.74. The van der Waals surface area contributed by atoms with Crippen molar-refractivity contribution in [2.45, 2.75) is 25.3 Å². The average Bonchev–Trinajstić information content (AvgIpc) is 3.08. The number of methoxy groups -OCH3 is 1. The standard InChI is InChI=1S/C30H25FN4O/c1-3-19-10-11-22(15-20(14-19)18-32)21-6-4-7-23(16-21)30(24-12-13-34-27(17-24)36-2)25-8-5-9-26(31)28(25)29(33)35-30/h4-9,11-17H,3,10H2,1-2H3,(H2,33,35). The molecule has 1 aliphatic carbocycles. The number of ether oxygens (including phenoxy) is 1. The van der Waals surface area contributed by atoms with E-state index in [-0.39, 0.29) is 5.84 Å². The van der Waals surface area contributed by atoms with Gasteiger partial charge in [-0.3, -0.25) is 0 Å². The highest BCUT2D eigenvalue weighted by atomic mass is 19.1. The van der Waals surface area contributed by atoms with Gasteiger partial charge in [0.25, 0.3) is 0 Å². The zero-order chi connectivity index (χ0) is 25.3. The minimum absolute atomic E-state index is 0.140. The molecule has 178 valence electrons. The Morgan fingerprint density at radius 3 is 2.69 bits per heavy atom. The quantitative estimate of drug-likeness (QED) is 0.503. The highest BCUT2D eigenvalue weighted by molar-refractivity contribution is 6.03. The molecule has 0 saturated carbocycles. The van der Waals surface area contributed by atoms with Gasteiger partial charge in [0.2, 0.25) is 5.88 Å². The maximum absolute atomic E-state index is 15.0. The molecule has 0 fully saturated rings. The summed E-state index contributed by atoms with van der Waals surface area (Å²) in [7, 11) is 1.55. The lowest BCUT2D eigenvalue weighted by molar-refractivity contribution is 0.396. The summed E-state index contributed by atoms with van der Waals surface area (Å²) in [6, 6.07) is 18.8. The smallest absolute Gasteiger partial charge is 0.213 e. The topological polar surface area (TPSA) is 84.3 Å². The maximum atomic E-state index is 15.0. The summed E-state index contributed by atoms with van der Waals surface area (Å²) in [5.74, 6) is 0.147. The van der Waals surface area contributed by atoms with E-state index in [4.69, 9.17) is 15.5 Å². The molecule has 6 heteroatoms. The van der Waals surface area contributed by atoms with Crippen molar-refractivity contribution >= 4 is 11.4 Å². The third kappa shape index (κ3) is 3.79. The summed E-state index contributed by atoms with van der Waals surface area (Å²) in [5, 5.41) is 9.65. The number of aromatic nitrogens is 1. The molecule has 36 heavy (non-hydrogen) atoms. The second-order valence-electron chi connectivity index (χ2n) is 8.77. The molecule has 0 radical (unpaired) electrons. The molecule has 2 N–H and O–H groups in total. The molecule has 1 unspecified atom stereocenters. The van der Waals surface area contributed by atoms with Crippen molar-refractivity contribution in [1.29, 1.82) is 5.26 Å². The van der Waals surface area contributed by atoms with Gasteiger partial charge in [-0.2, -0.15) is 5.26 Å². The molecule has 0 spiro atoms. The Hall–Kier alpha value is -4.50. The van der Waals surface area contributed by atoms with Gasteiger partial charge in [-0.1, -0.05) is 48.9 Å². The molecule has 1 atom stereocenters. The van der Waals surface area contributed by atoms with Crippen LogP contribution in [0.1, 0.15) is 47.6 Å². The van der Waals surface area contributed by atoms with Crippen LogP contribution in [0.5, 0.6) is 5.88 Å². The van der Waals surface area contributed by atoms with Crippen molar-refractivity contribution in [2.75, 3.05) is 7.11 Å². The number of rotatable bonds is 5. The Labute approximate surface area is 209 Å². The number of hydrogen-bond acceptors (Lipinski definition) is 5. The summed E-state index contributed by atoms with van der Waals surface area (Å²) >= 11 is 0. The van der Waals surface area contributed by atoms with Crippen molar-refractivity contribution in [3.8, 4) is 11.9 Å². The molecule has 5 nitrogen and oxygen atoms in total. The fourth-order valence-corrected chi connectivity index (χ4v) is 4.96. The van der Waals surface area contributed by atoms with Crippen LogP contribution in [0.2, 0.25) is 0 Å². The van der Waals surface area contributed by atoms with E-state index in [1.807, 2.05) is 48.6 Å². The van der Waals surface area contributed by atoms with E-state index in [9.17, 15) is 9.65 Å². The minimum Gasteiger partial charge on any atom is -0.481 e. The average molecular weight is 477 g/mol. The predicted molar refractivity (Wildman–Crippen MR) is 139 cm³/mol. The Morgan fingerprint density at radius 2 is 1.92 bits per heavy atom. The summed E-state index contributed by atoms with van der Waals surface area (Å²) in [6.45, 7) is 2.09. The van der Waals surface area contributed by atoms with Crippen molar-refractivity contribution in [2.24, 2.45) is 10.7 Å². The molecule has 2 aliphatic rings. The van der Waals surface area contributed by atoms with E-state index in [1.54, 1.807) is 25.4 Å². The van der Waals surface area contributed by atoms with Crippen LogP contribution >= 0.6 is 0 Å². The van der Waals surface area contributed by atoms with E-state index in [0.717, 1.165) is 35.1 Å². The van der Waals surface area contributed by atoms with Crippen LogP contribution < -0.4 is 10.5 Å². The number of halogens is 1. The number of nitrogens with two attached hydrogens (primary N) is 1. The summed E-state index contributed by atoms with van der Waals surface area (Å²) in [4.78, 5) is 9.15. The normalized spacial score (nSPS) is 18.7. The maximum Gasteiger partial charge on any atom is 0.213 e. The lowest BCUT2D eigenvalue weighted by Crippen LogP contribution is -2.26. The fraction of sp³-hybridized carbons (Fsp3) is 0.167. The van der Waals surface area contributed by atoms with Gasteiger partial charge in [0.05, 0.1) is 24.3 Å². The van der Waals surface area contributed by atoms with Gasteiger partial charge in [-0.25, -0.2) is 14.4 Å². The molecule has 3 aromatic rings. The summed E-state index contributed by atoms with van der Waals surface area (Å²) < 4.78 is 20.4. The monoisotopic (exact) mass is 476 g/mol. The summed E-state index contributed by atoms with van der Waals surface area (Å²) in [5.41, 5.74) is 11.5. The molecular weight excluding hydrogens is 451 g/mol. The number of nitriles is 1.